The van der Waals surface area contributed by atoms with Crippen LogP contribution < -0.4 is 4.90 Å². The first kappa shape index (κ1) is 14.4. The van der Waals surface area contributed by atoms with Gasteiger partial charge in [-0.1, -0.05) is 48.0 Å². The third-order valence-electron chi connectivity index (χ3n) is 4.26. The maximum atomic E-state index is 10.4. The molecular weight excluding hydrogens is 282 g/mol. The number of halogens is 1. The summed E-state index contributed by atoms with van der Waals surface area (Å²) in [5.41, 5.74) is 3.52. The van der Waals surface area contributed by atoms with Crippen molar-refractivity contribution in [2.24, 2.45) is 0 Å². The Bertz CT molecular complexity index is 628. The smallest absolute Gasteiger partial charge is 0.0821 e. The lowest BCUT2D eigenvalue weighted by atomic mass is 10.1. The minimum atomic E-state index is -0.515. The first-order valence-electron chi connectivity index (χ1n) is 7.44. The van der Waals surface area contributed by atoms with Crippen LogP contribution in [0.2, 0.25) is 5.02 Å². The lowest BCUT2D eigenvalue weighted by molar-refractivity contribution is 0.169. The maximum Gasteiger partial charge on any atom is 0.0821 e. The van der Waals surface area contributed by atoms with Crippen LogP contribution in [0.25, 0.3) is 0 Å². The fraction of sp³-hybridized carbons (Fsp3) is 0.333. The van der Waals surface area contributed by atoms with Crippen molar-refractivity contribution in [3.8, 4) is 0 Å². The number of nitrogens with zero attached hydrogens (tertiary/aromatic N) is 1. The van der Waals surface area contributed by atoms with Crippen LogP contribution in [0, 0.1) is 0 Å². The lowest BCUT2D eigenvalue weighted by Crippen LogP contribution is -2.31. The molecule has 0 radical (unpaired) electrons. The van der Waals surface area contributed by atoms with Crippen molar-refractivity contribution in [3.05, 3.63) is 64.7 Å². The third-order valence-corrected chi connectivity index (χ3v) is 4.60. The molecule has 21 heavy (non-hydrogen) atoms. The van der Waals surface area contributed by atoms with Crippen LogP contribution in [0.4, 0.5) is 5.69 Å². The van der Waals surface area contributed by atoms with E-state index in [2.05, 4.69) is 36.1 Å². The third kappa shape index (κ3) is 2.92. The van der Waals surface area contributed by atoms with Gasteiger partial charge in [0.1, 0.15) is 0 Å². The van der Waals surface area contributed by atoms with E-state index in [1.165, 1.54) is 11.3 Å². The van der Waals surface area contributed by atoms with Gasteiger partial charge in [-0.3, -0.25) is 0 Å². The van der Waals surface area contributed by atoms with Gasteiger partial charge in [0.25, 0.3) is 0 Å². The van der Waals surface area contributed by atoms with Gasteiger partial charge in [-0.05, 0) is 43.0 Å². The SMILES string of the molecule is CC1Cc2ccccc2N1CCC(O)c1ccccc1Cl. The molecule has 2 unspecified atom stereocenters. The molecule has 0 fully saturated rings. The summed E-state index contributed by atoms with van der Waals surface area (Å²) in [6.07, 6.45) is 1.25. The molecule has 2 nitrogen and oxygen atoms in total. The number of anilines is 1. The van der Waals surface area contributed by atoms with Gasteiger partial charge in [-0.2, -0.15) is 0 Å². The first-order valence-corrected chi connectivity index (χ1v) is 7.81. The highest BCUT2D eigenvalue weighted by Crippen LogP contribution is 2.33. The maximum absolute atomic E-state index is 10.4. The molecule has 110 valence electrons. The topological polar surface area (TPSA) is 23.5 Å². The van der Waals surface area contributed by atoms with Crippen LogP contribution in [0.15, 0.2) is 48.5 Å². The van der Waals surface area contributed by atoms with Crippen LogP contribution in [0.5, 0.6) is 0 Å². The van der Waals surface area contributed by atoms with Crippen LogP contribution in [-0.2, 0) is 6.42 Å². The number of aliphatic hydroxyl groups is 1. The number of benzene rings is 2. The van der Waals surface area contributed by atoms with Gasteiger partial charge >= 0.3 is 0 Å². The second-order valence-electron chi connectivity index (χ2n) is 5.70. The Hall–Kier alpha value is -1.51. The zero-order chi connectivity index (χ0) is 14.8. The molecule has 3 heteroatoms. The Morgan fingerprint density at radius 1 is 1.19 bits per heavy atom. The first-order chi connectivity index (χ1) is 10.2. The van der Waals surface area contributed by atoms with Gasteiger partial charge in [0, 0.05) is 23.3 Å². The van der Waals surface area contributed by atoms with Crippen molar-refractivity contribution in [1.82, 2.24) is 0 Å². The van der Waals surface area contributed by atoms with E-state index in [0.29, 0.717) is 17.5 Å². The predicted molar refractivity (Wildman–Crippen MR) is 88.0 cm³/mol. The summed E-state index contributed by atoms with van der Waals surface area (Å²) in [5.74, 6) is 0. The second kappa shape index (κ2) is 6.08. The van der Waals surface area contributed by atoms with Crippen LogP contribution in [0.1, 0.15) is 30.6 Å². The number of para-hydroxylation sites is 1. The molecule has 0 saturated carbocycles. The summed E-state index contributed by atoms with van der Waals surface area (Å²) in [6, 6.07) is 16.5. The highest BCUT2D eigenvalue weighted by atomic mass is 35.5. The van der Waals surface area contributed by atoms with Crippen molar-refractivity contribution in [2.45, 2.75) is 31.9 Å². The van der Waals surface area contributed by atoms with E-state index in [0.717, 1.165) is 18.5 Å². The van der Waals surface area contributed by atoms with E-state index in [1.54, 1.807) is 0 Å². The molecule has 1 N–H and O–H groups in total. The molecule has 0 bridgehead atoms. The molecular formula is C18H20ClNO. The van der Waals surface area contributed by atoms with Crippen molar-refractivity contribution in [2.75, 3.05) is 11.4 Å². The highest BCUT2D eigenvalue weighted by molar-refractivity contribution is 6.31. The number of hydrogen-bond donors (Lipinski definition) is 1. The standard InChI is InChI=1S/C18H20ClNO/c1-13-12-14-6-2-5-9-17(14)20(13)11-10-18(21)15-7-3-4-8-16(15)19/h2-9,13,18,21H,10-12H2,1H3. The fourth-order valence-corrected chi connectivity index (χ4v) is 3.39. The molecule has 0 saturated heterocycles. The average Bonchev–Trinajstić information content (AvgIpc) is 2.81. The Balaban J connectivity index is 1.69. The Morgan fingerprint density at radius 3 is 2.71 bits per heavy atom. The average molecular weight is 302 g/mol. The summed E-state index contributed by atoms with van der Waals surface area (Å²) < 4.78 is 0. The Kier molecular flexibility index (Phi) is 4.18. The normalized spacial score (nSPS) is 18.6. The molecule has 2 atom stereocenters. The van der Waals surface area contributed by atoms with Crippen molar-refractivity contribution in [1.29, 1.82) is 0 Å². The van der Waals surface area contributed by atoms with Gasteiger partial charge in [0.05, 0.1) is 6.10 Å². The minimum Gasteiger partial charge on any atom is -0.388 e. The van der Waals surface area contributed by atoms with Crippen LogP contribution >= 0.6 is 11.6 Å². The zero-order valence-electron chi connectivity index (χ0n) is 12.2. The Labute approximate surface area is 131 Å². The largest absolute Gasteiger partial charge is 0.388 e. The monoisotopic (exact) mass is 301 g/mol. The molecule has 0 spiro atoms. The number of hydrogen-bond acceptors (Lipinski definition) is 2. The molecule has 1 heterocycles. The number of rotatable bonds is 4. The fourth-order valence-electron chi connectivity index (χ4n) is 3.13. The quantitative estimate of drug-likeness (QED) is 0.914. The number of fused-ring (bicyclic) bond motifs is 1. The van der Waals surface area contributed by atoms with Crippen molar-refractivity contribution in [3.63, 3.8) is 0 Å². The van der Waals surface area contributed by atoms with E-state index in [4.69, 9.17) is 11.6 Å². The van der Waals surface area contributed by atoms with Crippen molar-refractivity contribution < 1.29 is 5.11 Å². The summed E-state index contributed by atoms with van der Waals surface area (Å²) >= 11 is 6.15. The molecule has 2 aromatic carbocycles. The summed E-state index contributed by atoms with van der Waals surface area (Å²) in [5, 5.41) is 11.0. The van der Waals surface area contributed by atoms with Gasteiger partial charge in [0.2, 0.25) is 0 Å². The minimum absolute atomic E-state index is 0.487. The highest BCUT2D eigenvalue weighted by Gasteiger charge is 2.25. The molecule has 2 aromatic rings. The second-order valence-corrected chi connectivity index (χ2v) is 6.11. The zero-order valence-corrected chi connectivity index (χ0v) is 12.9. The van der Waals surface area contributed by atoms with Crippen LogP contribution in [0.3, 0.4) is 0 Å². The predicted octanol–water partition coefficient (Wildman–Crippen LogP) is 4.21. The summed E-state index contributed by atoms with van der Waals surface area (Å²) in [6.45, 7) is 3.08. The molecule has 1 aliphatic heterocycles. The van der Waals surface area contributed by atoms with E-state index in [1.807, 2.05) is 24.3 Å². The molecule has 1 aliphatic rings. The van der Waals surface area contributed by atoms with Gasteiger partial charge in [0.15, 0.2) is 0 Å². The van der Waals surface area contributed by atoms with Gasteiger partial charge < -0.3 is 10.0 Å². The van der Waals surface area contributed by atoms with E-state index < -0.39 is 6.10 Å². The van der Waals surface area contributed by atoms with Gasteiger partial charge in [-0.15, -0.1) is 0 Å². The molecule has 0 aliphatic carbocycles. The lowest BCUT2D eigenvalue weighted by Gasteiger charge is -2.26. The number of aliphatic hydroxyl groups excluding tert-OH is 1. The summed E-state index contributed by atoms with van der Waals surface area (Å²) in [4.78, 5) is 2.38. The Morgan fingerprint density at radius 2 is 1.90 bits per heavy atom. The molecule has 0 aromatic heterocycles. The van der Waals surface area contributed by atoms with Crippen LogP contribution in [-0.4, -0.2) is 17.7 Å². The van der Waals surface area contributed by atoms with E-state index >= 15 is 0 Å². The van der Waals surface area contributed by atoms with E-state index in [9.17, 15) is 5.11 Å². The van der Waals surface area contributed by atoms with Crippen molar-refractivity contribution >= 4 is 17.3 Å². The summed E-state index contributed by atoms with van der Waals surface area (Å²) in [7, 11) is 0. The van der Waals surface area contributed by atoms with Gasteiger partial charge in [-0.25, -0.2) is 0 Å². The molecule has 0 amide bonds. The van der Waals surface area contributed by atoms with E-state index in [-0.39, 0.29) is 0 Å². The molecule has 3 rings (SSSR count).